The van der Waals surface area contributed by atoms with Gasteiger partial charge in [0.25, 0.3) is 0 Å². The largest absolute Gasteiger partial charge is 0.478 e. The normalized spacial score (nSPS) is 12.3. The van der Waals surface area contributed by atoms with E-state index < -0.39 is 0 Å². The zero-order valence-corrected chi connectivity index (χ0v) is 11.8. The van der Waals surface area contributed by atoms with Crippen LogP contribution in [-0.2, 0) is 0 Å². The Bertz CT molecular complexity index is 370. The van der Waals surface area contributed by atoms with Crippen LogP contribution in [0.5, 0.6) is 5.88 Å². The van der Waals surface area contributed by atoms with Gasteiger partial charge in [0.05, 0.1) is 6.61 Å². The van der Waals surface area contributed by atoms with Crippen molar-refractivity contribution in [2.45, 2.75) is 27.7 Å². The Morgan fingerprint density at radius 1 is 1.39 bits per heavy atom. The van der Waals surface area contributed by atoms with Crippen molar-refractivity contribution in [3.05, 3.63) is 11.9 Å². The molecule has 0 spiro atoms. The summed E-state index contributed by atoms with van der Waals surface area (Å²) in [6, 6.07) is 1.89. The lowest BCUT2D eigenvalue weighted by molar-refractivity contribution is 0.325. The summed E-state index contributed by atoms with van der Waals surface area (Å²) in [5.74, 6) is 2.72. The highest BCUT2D eigenvalue weighted by molar-refractivity contribution is 5.41. The van der Waals surface area contributed by atoms with E-state index in [1.165, 1.54) is 0 Å². The fourth-order valence-corrected chi connectivity index (χ4v) is 1.74. The molecular formula is C13H24N4O. The van der Waals surface area contributed by atoms with E-state index in [-0.39, 0.29) is 0 Å². The third kappa shape index (κ3) is 4.14. The molecule has 5 heteroatoms. The van der Waals surface area contributed by atoms with Gasteiger partial charge in [0.1, 0.15) is 11.6 Å². The Kier molecular flexibility index (Phi) is 5.85. The van der Waals surface area contributed by atoms with E-state index in [4.69, 9.17) is 10.5 Å². The molecule has 0 radical (unpaired) electrons. The Labute approximate surface area is 109 Å². The standard InChI is InChI=1S/C13H24N4O/c1-5-17(9-10(3)8-14)12-7-13(18-6-2)16-11(4)15-12/h7,10H,5-6,8-9,14H2,1-4H3. The second-order valence-corrected chi connectivity index (χ2v) is 4.42. The van der Waals surface area contributed by atoms with Gasteiger partial charge in [-0.15, -0.1) is 0 Å². The molecule has 102 valence electrons. The molecule has 0 aromatic carbocycles. The van der Waals surface area contributed by atoms with E-state index >= 15 is 0 Å². The third-order valence-electron chi connectivity index (χ3n) is 2.73. The molecule has 1 unspecified atom stereocenters. The molecule has 1 aromatic heterocycles. The van der Waals surface area contributed by atoms with Crippen molar-refractivity contribution >= 4 is 5.82 Å². The molecule has 0 aliphatic rings. The number of nitrogens with two attached hydrogens (primary N) is 1. The van der Waals surface area contributed by atoms with Crippen LogP contribution in [0.1, 0.15) is 26.6 Å². The maximum absolute atomic E-state index is 5.68. The highest BCUT2D eigenvalue weighted by atomic mass is 16.5. The second kappa shape index (κ2) is 7.16. The smallest absolute Gasteiger partial charge is 0.218 e. The van der Waals surface area contributed by atoms with Gasteiger partial charge in [-0.05, 0) is 33.2 Å². The molecule has 1 aromatic rings. The van der Waals surface area contributed by atoms with Crippen molar-refractivity contribution in [1.82, 2.24) is 9.97 Å². The number of nitrogens with zero attached hydrogens (tertiary/aromatic N) is 3. The van der Waals surface area contributed by atoms with Crippen LogP contribution in [0.25, 0.3) is 0 Å². The number of ether oxygens (including phenoxy) is 1. The Balaban J connectivity index is 2.90. The Hall–Kier alpha value is -1.36. The molecule has 0 bridgehead atoms. The summed E-state index contributed by atoms with van der Waals surface area (Å²) in [5, 5.41) is 0. The lowest BCUT2D eigenvalue weighted by Crippen LogP contribution is -2.32. The number of hydrogen-bond acceptors (Lipinski definition) is 5. The summed E-state index contributed by atoms with van der Waals surface area (Å²) in [7, 11) is 0. The molecule has 1 rings (SSSR count). The summed E-state index contributed by atoms with van der Waals surface area (Å²) in [5.41, 5.74) is 5.68. The van der Waals surface area contributed by atoms with Crippen LogP contribution in [0, 0.1) is 12.8 Å². The molecule has 1 heterocycles. The molecule has 1 atom stereocenters. The average Bonchev–Trinajstić information content (AvgIpc) is 2.35. The van der Waals surface area contributed by atoms with Crippen molar-refractivity contribution in [2.24, 2.45) is 11.7 Å². The molecule has 0 aliphatic heterocycles. The van der Waals surface area contributed by atoms with Gasteiger partial charge in [-0.3, -0.25) is 0 Å². The van der Waals surface area contributed by atoms with E-state index in [0.717, 1.165) is 24.7 Å². The van der Waals surface area contributed by atoms with Crippen molar-refractivity contribution in [3.8, 4) is 5.88 Å². The first-order valence-electron chi connectivity index (χ1n) is 6.54. The van der Waals surface area contributed by atoms with Gasteiger partial charge in [0, 0.05) is 19.2 Å². The molecule has 2 N–H and O–H groups in total. The van der Waals surface area contributed by atoms with Crippen LogP contribution in [0.15, 0.2) is 6.07 Å². The number of aryl methyl sites for hydroxylation is 1. The summed E-state index contributed by atoms with van der Waals surface area (Å²) < 4.78 is 5.45. The number of anilines is 1. The number of hydrogen-bond donors (Lipinski definition) is 1. The van der Waals surface area contributed by atoms with E-state index in [0.29, 0.717) is 24.9 Å². The molecule has 0 fully saturated rings. The first-order chi connectivity index (χ1) is 8.60. The predicted octanol–water partition coefficient (Wildman–Crippen LogP) is 1.60. The predicted molar refractivity (Wildman–Crippen MR) is 74.0 cm³/mol. The highest BCUT2D eigenvalue weighted by Crippen LogP contribution is 2.18. The maximum Gasteiger partial charge on any atom is 0.218 e. The maximum atomic E-state index is 5.68. The SMILES string of the molecule is CCOc1cc(N(CC)CC(C)CN)nc(C)n1. The van der Waals surface area contributed by atoms with Gasteiger partial charge in [0.2, 0.25) is 5.88 Å². The van der Waals surface area contributed by atoms with Crippen LogP contribution in [0.4, 0.5) is 5.82 Å². The van der Waals surface area contributed by atoms with Crippen molar-refractivity contribution < 1.29 is 4.74 Å². The minimum absolute atomic E-state index is 0.441. The van der Waals surface area contributed by atoms with Gasteiger partial charge < -0.3 is 15.4 Å². The fraction of sp³-hybridized carbons (Fsp3) is 0.692. The fourth-order valence-electron chi connectivity index (χ4n) is 1.74. The van der Waals surface area contributed by atoms with Crippen LogP contribution < -0.4 is 15.4 Å². The first-order valence-corrected chi connectivity index (χ1v) is 6.54. The monoisotopic (exact) mass is 252 g/mol. The van der Waals surface area contributed by atoms with Gasteiger partial charge in [-0.1, -0.05) is 6.92 Å². The van der Waals surface area contributed by atoms with Crippen LogP contribution >= 0.6 is 0 Å². The minimum atomic E-state index is 0.441. The zero-order chi connectivity index (χ0) is 13.5. The first kappa shape index (κ1) is 14.7. The topological polar surface area (TPSA) is 64.3 Å². The molecule has 0 saturated carbocycles. The summed E-state index contributed by atoms with van der Waals surface area (Å²) in [4.78, 5) is 10.9. The van der Waals surface area contributed by atoms with Crippen LogP contribution in [-0.4, -0.2) is 36.2 Å². The van der Waals surface area contributed by atoms with Crippen LogP contribution in [0.2, 0.25) is 0 Å². The van der Waals surface area contributed by atoms with E-state index in [2.05, 4.69) is 28.7 Å². The molecule has 18 heavy (non-hydrogen) atoms. The second-order valence-electron chi connectivity index (χ2n) is 4.42. The van der Waals surface area contributed by atoms with Gasteiger partial charge in [-0.25, -0.2) is 4.98 Å². The van der Waals surface area contributed by atoms with Crippen molar-refractivity contribution in [3.63, 3.8) is 0 Å². The van der Waals surface area contributed by atoms with Gasteiger partial charge >= 0.3 is 0 Å². The van der Waals surface area contributed by atoms with E-state index in [1.807, 2.05) is 19.9 Å². The molecule has 5 nitrogen and oxygen atoms in total. The molecular weight excluding hydrogens is 228 g/mol. The zero-order valence-electron chi connectivity index (χ0n) is 11.8. The Morgan fingerprint density at radius 3 is 2.67 bits per heavy atom. The summed E-state index contributed by atoms with van der Waals surface area (Å²) in [6.07, 6.45) is 0. The molecule has 0 saturated heterocycles. The van der Waals surface area contributed by atoms with E-state index in [9.17, 15) is 0 Å². The highest BCUT2D eigenvalue weighted by Gasteiger charge is 2.12. The average molecular weight is 252 g/mol. The van der Waals surface area contributed by atoms with Gasteiger partial charge in [0.15, 0.2) is 0 Å². The molecule has 0 aliphatic carbocycles. The molecule has 0 amide bonds. The van der Waals surface area contributed by atoms with Gasteiger partial charge in [-0.2, -0.15) is 4.98 Å². The lowest BCUT2D eigenvalue weighted by atomic mass is 10.1. The van der Waals surface area contributed by atoms with E-state index in [1.54, 1.807) is 0 Å². The summed E-state index contributed by atoms with van der Waals surface area (Å²) >= 11 is 0. The Morgan fingerprint density at radius 2 is 2.11 bits per heavy atom. The minimum Gasteiger partial charge on any atom is -0.478 e. The van der Waals surface area contributed by atoms with Crippen molar-refractivity contribution in [2.75, 3.05) is 31.1 Å². The van der Waals surface area contributed by atoms with Crippen LogP contribution in [0.3, 0.4) is 0 Å². The number of aromatic nitrogens is 2. The number of rotatable bonds is 7. The quantitative estimate of drug-likeness (QED) is 0.798. The lowest BCUT2D eigenvalue weighted by Gasteiger charge is -2.25. The summed E-state index contributed by atoms with van der Waals surface area (Å²) in [6.45, 7) is 11.2. The van der Waals surface area contributed by atoms with Crippen molar-refractivity contribution in [1.29, 1.82) is 0 Å². The third-order valence-corrected chi connectivity index (χ3v) is 2.73.